The normalized spacial score (nSPS) is 17.4. The maximum Gasteiger partial charge on any atom is 0.331 e. The number of nitrogens with one attached hydrogen (secondary N) is 2. The average Bonchev–Trinajstić information content (AvgIpc) is 3.26. The van der Waals surface area contributed by atoms with E-state index < -0.39 is 6.04 Å². The number of para-hydroxylation sites is 1. The van der Waals surface area contributed by atoms with Crippen LogP contribution in [-0.4, -0.2) is 77.5 Å². The molecular formula is C24H29N7O3S. The molecule has 1 aromatic heterocycles. The van der Waals surface area contributed by atoms with Crippen molar-refractivity contribution in [3.63, 3.8) is 0 Å². The van der Waals surface area contributed by atoms with Gasteiger partial charge < -0.3 is 21.3 Å². The van der Waals surface area contributed by atoms with Gasteiger partial charge in [0.25, 0.3) is 0 Å². The highest BCUT2D eigenvalue weighted by Gasteiger charge is 2.31. The van der Waals surface area contributed by atoms with Crippen molar-refractivity contribution in [2.75, 3.05) is 39.5 Å². The van der Waals surface area contributed by atoms with E-state index in [9.17, 15) is 14.4 Å². The number of anilines is 1. The number of benzene rings is 2. The fourth-order valence-corrected chi connectivity index (χ4v) is 4.94. The van der Waals surface area contributed by atoms with Crippen LogP contribution in [0.2, 0.25) is 0 Å². The van der Waals surface area contributed by atoms with Crippen molar-refractivity contribution in [1.82, 2.24) is 30.5 Å². The van der Waals surface area contributed by atoms with Crippen LogP contribution in [0.3, 0.4) is 0 Å². The quantitative estimate of drug-likeness (QED) is 0.492. The number of nitrogen functional groups attached to an aromatic ring is 1. The number of hydrogen-bond acceptors (Lipinski definition) is 7. The summed E-state index contributed by atoms with van der Waals surface area (Å²) in [5.41, 5.74) is 8.52. The van der Waals surface area contributed by atoms with Gasteiger partial charge in [0.1, 0.15) is 6.04 Å². The minimum atomic E-state index is -0.741. The van der Waals surface area contributed by atoms with Crippen molar-refractivity contribution in [2.45, 2.75) is 19.0 Å². The van der Waals surface area contributed by atoms with Gasteiger partial charge in [-0.05, 0) is 17.2 Å². The number of aromatic nitrogens is 1. The third kappa shape index (κ3) is 5.69. The number of thiazole rings is 1. The Hall–Kier alpha value is -3.70. The molecule has 11 heteroatoms. The molecule has 184 valence electrons. The predicted molar refractivity (Wildman–Crippen MR) is 135 cm³/mol. The van der Waals surface area contributed by atoms with Gasteiger partial charge in [0, 0.05) is 40.2 Å². The van der Waals surface area contributed by atoms with Gasteiger partial charge in [-0.15, -0.1) is 0 Å². The first-order valence-corrected chi connectivity index (χ1v) is 12.1. The molecule has 35 heavy (non-hydrogen) atoms. The number of nitrogens with two attached hydrogens (primary N) is 1. The molecule has 2 aromatic carbocycles. The van der Waals surface area contributed by atoms with E-state index in [2.05, 4.69) is 15.6 Å². The number of hydrazine groups is 1. The van der Waals surface area contributed by atoms with E-state index >= 15 is 0 Å². The van der Waals surface area contributed by atoms with Crippen LogP contribution in [-0.2, 0) is 22.6 Å². The molecule has 1 fully saturated rings. The lowest BCUT2D eigenvalue weighted by Gasteiger charge is -2.32. The van der Waals surface area contributed by atoms with Crippen LogP contribution in [0, 0.1) is 0 Å². The van der Waals surface area contributed by atoms with Gasteiger partial charge in [-0.25, -0.2) is 14.8 Å². The van der Waals surface area contributed by atoms with E-state index in [0.717, 1.165) is 21.3 Å². The summed E-state index contributed by atoms with van der Waals surface area (Å²) in [6.45, 7) is 0.874. The van der Waals surface area contributed by atoms with E-state index in [4.69, 9.17) is 5.73 Å². The summed E-state index contributed by atoms with van der Waals surface area (Å²) in [5, 5.41) is 8.92. The van der Waals surface area contributed by atoms with Gasteiger partial charge in [0.15, 0.2) is 5.13 Å². The topological polar surface area (TPSA) is 124 Å². The molecule has 0 radical (unpaired) electrons. The zero-order chi connectivity index (χ0) is 24.9. The number of hydrogen-bond donors (Lipinski definition) is 3. The van der Waals surface area contributed by atoms with E-state index in [-0.39, 0.29) is 24.4 Å². The number of rotatable bonds is 5. The van der Waals surface area contributed by atoms with E-state index in [1.807, 2.05) is 48.5 Å². The minimum absolute atomic E-state index is 0.0471. The second kappa shape index (κ2) is 10.7. The van der Waals surface area contributed by atoms with Gasteiger partial charge >= 0.3 is 6.03 Å². The molecule has 1 atom stereocenters. The zero-order valence-electron chi connectivity index (χ0n) is 19.7. The second-order valence-corrected chi connectivity index (χ2v) is 9.41. The lowest BCUT2D eigenvalue weighted by atomic mass is 10.0. The van der Waals surface area contributed by atoms with Crippen LogP contribution in [0.1, 0.15) is 11.1 Å². The Kier molecular flexibility index (Phi) is 7.47. The van der Waals surface area contributed by atoms with Gasteiger partial charge in [0.05, 0.1) is 16.8 Å². The Morgan fingerprint density at radius 3 is 2.71 bits per heavy atom. The van der Waals surface area contributed by atoms with Crippen LogP contribution < -0.4 is 16.4 Å². The van der Waals surface area contributed by atoms with Crippen LogP contribution in [0.4, 0.5) is 9.93 Å². The van der Waals surface area contributed by atoms with Crippen LogP contribution in [0.5, 0.6) is 0 Å². The highest BCUT2D eigenvalue weighted by Crippen LogP contribution is 2.27. The highest BCUT2D eigenvalue weighted by atomic mass is 32.1. The fourth-order valence-electron chi connectivity index (χ4n) is 4.16. The standard InChI is InChI=1S/C24H29N7O3S/c1-26-24(34)29(2)31-12-11-30(14-17-9-6-10-19-21(17)28-23(25)35-19)22(33)18(27-20(32)15-31)13-16-7-4-3-5-8-16/h3-10,18H,11-15H2,1-2H3,(H2,25,28)(H,26,34)(H,27,32)/t18-/m0/s1. The Labute approximate surface area is 207 Å². The molecule has 0 saturated carbocycles. The Morgan fingerprint density at radius 1 is 1.20 bits per heavy atom. The zero-order valence-corrected chi connectivity index (χ0v) is 20.5. The van der Waals surface area contributed by atoms with Gasteiger partial charge in [0.2, 0.25) is 11.8 Å². The number of fused-ring (bicyclic) bond motifs is 1. The smallest absolute Gasteiger partial charge is 0.331 e. The molecule has 4 rings (SSSR count). The first-order chi connectivity index (χ1) is 16.9. The van der Waals surface area contributed by atoms with Crippen molar-refractivity contribution < 1.29 is 14.4 Å². The minimum Gasteiger partial charge on any atom is -0.375 e. The average molecular weight is 496 g/mol. The van der Waals surface area contributed by atoms with Crippen molar-refractivity contribution in [2.24, 2.45) is 0 Å². The van der Waals surface area contributed by atoms with E-state index in [0.29, 0.717) is 31.2 Å². The molecule has 0 spiro atoms. The second-order valence-electron chi connectivity index (χ2n) is 8.35. The molecular weight excluding hydrogens is 466 g/mol. The molecule has 2 heterocycles. The Balaban J connectivity index is 1.66. The SMILES string of the molecule is CNC(=O)N(C)N1CCN(Cc2cccc3sc(N)nc23)C(=O)[C@H](Cc2ccccc2)NC(=O)C1. The van der Waals surface area contributed by atoms with Crippen LogP contribution in [0.15, 0.2) is 48.5 Å². The first-order valence-electron chi connectivity index (χ1n) is 11.3. The molecule has 4 amide bonds. The highest BCUT2D eigenvalue weighted by molar-refractivity contribution is 7.22. The molecule has 0 unspecified atom stereocenters. The van der Waals surface area contributed by atoms with Crippen molar-refractivity contribution >= 4 is 44.5 Å². The molecule has 3 aromatic rings. The Morgan fingerprint density at radius 2 is 1.97 bits per heavy atom. The predicted octanol–water partition coefficient (Wildman–Crippen LogP) is 1.44. The summed E-state index contributed by atoms with van der Waals surface area (Å²) in [6, 6.07) is 14.3. The van der Waals surface area contributed by atoms with Crippen molar-refractivity contribution in [3.05, 3.63) is 59.7 Å². The van der Waals surface area contributed by atoms with Crippen molar-refractivity contribution in [1.29, 1.82) is 0 Å². The maximum absolute atomic E-state index is 13.8. The lowest BCUT2D eigenvalue weighted by molar-refractivity contribution is -0.136. The summed E-state index contributed by atoms with van der Waals surface area (Å²) in [7, 11) is 3.12. The number of carbonyl (C=O) groups is 3. The van der Waals surface area contributed by atoms with Gasteiger partial charge in [-0.3, -0.25) is 14.6 Å². The summed E-state index contributed by atoms with van der Waals surface area (Å²) in [6.07, 6.45) is 0.362. The van der Waals surface area contributed by atoms with Crippen molar-refractivity contribution in [3.8, 4) is 0 Å². The monoisotopic (exact) mass is 495 g/mol. The summed E-state index contributed by atoms with van der Waals surface area (Å²) in [4.78, 5) is 45.1. The van der Waals surface area contributed by atoms with Gasteiger partial charge in [-0.2, -0.15) is 0 Å². The van der Waals surface area contributed by atoms with Crippen LogP contribution in [0.25, 0.3) is 10.2 Å². The summed E-state index contributed by atoms with van der Waals surface area (Å²) in [5.74, 6) is -0.516. The first kappa shape index (κ1) is 24.4. The van der Waals surface area contributed by atoms with E-state index in [1.165, 1.54) is 23.4 Å². The number of nitrogens with zero attached hydrogens (tertiary/aromatic N) is 4. The lowest BCUT2D eigenvalue weighted by Crippen LogP contribution is -2.52. The molecule has 0 aliphatic carbocycles. The molecule has 10 nitrogen and oxygen atoms in total. The number of carbonyl (C=O) groups excluding carboxylic acids is 3. The summed E-state index contributed by atoms with van der Waals surface area (Å²) >= 11 is 1.40. The Bertz CT molecular complexity index is 1220. The number of amides is 4. The molecule has 4 N–H and O–H groups in total. The fraction of sp³-hybridized carbons (Fsp3) is 0.333. The molecule has 1 aliphatic heterocycles. The maximum atomic E-state index is 13.8. The van der Waals surface area contributed by atoms with Crippen LogP contribution >= 0.6 is 11.3 Å². The van der Waals surface area contributed by atoms with E-state index in [1.54, 1.807) is 17.0 Å². The molecule has 0 bridgehead atoms. The third-order valence-electron chi connectivity index (χ3n) is 5.99. The largest absolute Gasteiger partial charge is 0.375 e. The van der Waals surface area contributed by atoms with Gasteiger partial charge in [-0.1, -0.05) is 53.8 Å². The number of urea groups is 1. The molecule has 1 aliphatic rings. The third-order valence-corrected chi connectivity index (χ3v) is 6.84. The molecule has 1 saturated heterocycles. The summed E-state index contributed by atoms with van der Waals surface area (Å²) < 4.78 is 0.951.